The van der Waals surface area contributed by atoms with Gasteiger partial charge in [-0.05, 0) is 25.1 Å². The van der Waals surface area contributed by atoms with Gasteiger partial charge < -0.3 is 0 Å². The smallest absolute Gasteiger partial charge is 0.284 e. The van der Waals surface area contributed by atoms with Gasteiger partial charge in [-0.3, -0.25) is 14.1 Å². The molecule has 0 aliphatic carbocycles. The van der Waals surface area contributed by atoms with E-state index in [1.165, 1.54) is 0 Å². The first kappa shape index (κ1) is 12.7. The fourth-order valence-corrected chi connectivity index (χ4v) is 2.67. The summed E-state index contributed by atoms with van der Waals surface area (Å²) >= 11 is 5.40. The molecule has 100 valence electrons. The highest BCUT2D eigenvalue weighted by atomic mass is 32.1. The SMILES string of the molecule is CCn1c(=S)c2cnccc2n(-c2ccccc2)c1=O. The van der Waals surface area contributed by atoms with Crippen LogP contribution < -0.4 is 5.69 Å². The zero-order chi connectivity index (χ0) is 14.1. The Morgan fingerprint density at radius 3 is 2.65 bits per heavy atom. The first-order chi connectivity index (χ1) is 9.74. The van der Waals surface area contributed by atoms with Crippen LogP contribution in [0.2, 0.25) is 0 Å². The van der Waals surface area contributed by atoms with Crippen LogP contribution in [0.3, 0.4) is 0 Å². The second kappa shape index (κ2) is 5.02. The van der Waals surface area contributed by atoms with E-state index in [0.29, 0.717) is 11.2 Å². The number of hydrogen-bond acceptors (Lipinski definition) is 3. The van der Waals surface area contributed by atoms with E-state index in [1.54, 1.807) is 21.5 Å². The summed E-state index contributed by atoms with van der Waals surface area (Å²) in [4.78, 5) is 16.8. The van der Waals surface area contributed by atoms with Crippen LogP contribution >= 0.6 is 12.2 Å². The minimum absolute atomic E-state index is 0.123. The van der Waals surface area contributed by atoms with Gasteiger partial charge in [-0.15, -0.1) is 0 Å². The molecule has 5 heteroatoms. The van der Waals surface area contributed by atoms with Crippen LogP contribution in [0.4, 0.5) is 0 Å². The van der Waals surface area contributed by atoms with Gasteiger partial charge in [0.25, 0.3) is 0 Å². The van der Waals surface area contributed by atoms with Gasteiger partial charge in [0.15, 0.2) is 0 Å². The van der Waals surface area contributed by atoms with Crippen LogP contribution in [0, 0.1) is 4.64 Å². The van der Waals surface area contributed by atoms with Crippen molar-refractivity contribution in [2.24, 2.45) is 0 Å². The van der Waals surface area contributed by atoms with E-state index in [0.717, 1.165) is 16.6 Å². The molecule has 0 N–H and O–H groups in total. The van der Waals surface area contributed by atoms with Gasteiger partial charge in [0.05, 0.1) is 16.6 Å². The van der Waals surface area contributed by atoms with Crippen molar-refractivity contribution in [3.63, 3.8) is 0 Å². The predicted octanol–water partition coefficient (Wildman–Crippen LogP) is 2.94. The standard InChI is InChI=1S/C15H13N3OS/c1-2-17-14(20)12-10-16-9-8-13(12)18(15(17)19)11-6-4-3-5-7-11/h3-10H,2H2,1H3. The number of hydrogen-bond donors (Lipinski definition) is 0. The first-order valence-corrected chi connectivity index (χ1v) is 6.80. The lowest BCUT2D eigenvalue weighted by molar-refractivity contribution is 0.675. The average Bonchev–Trinajstić information content (AvgIpc) is 2.49. The number of rotatable bonds is 2. The van der Waals surface area contributed by atoms with E-state index in [9.17, 15) is 4.79 Å². The maximum absolute atomic E-state index is 12.7. The molecule has 0 radical (unpaired) electrons. The van der Waals surface area contributed by atoms with E-state index in [4.69, 9.17) is 12.2 Å². The molecular weight excluding hydrogens is 270 g/mol. The number of aromatic nitrogens is 3. The van der Waals surface area contributed by atoms with Crippen LogP contribution in [0.15, 0.2) is 53.6 Å². The molecule has 0 saturated heterocycles. The topological polar surface area (TPSA) is 39.8 Å². The van der Waals surface area contributed by atoms with Gasteiger partial charge in [-0.2, -0.15) is 0 Å². The molecule has 2 heterocycles. The van der Waals surface area contributed by atoms with Crippen molar-refractivity contribution in [1.29, 1.82) is 0 Å². The van der Waals surface area contributed by atoms with E-state index < -0.39 is 0 Å². The lowest BCUT2D eigenvalue weighted by Crippen LogP contribution is -2.30. The molecule has 0 aliphatic rings. The quantitative estimate of drug-likeness (QED) is 0.679. The maximum atomic E-state index is 12.7. The molecule has 0 amide bonds. The van der Waals surface area contributed by atoms with Crippen molar-refractivity contribution in [1.82, 2.24) is 14.1 Å². The van der Waals surface area contributed by atoms with E-state index in [-0.39, 0.29) is 5.69 Å². The Balaban J connectivity index is 2.54. The van der Waals surface area contributed by atoms with E-state index in [1.807, 2.05) is 43.3 Å². The molecule has 4 nitrogen and oxygen atoms in total. The molecular formula is C15H13N3OS. The molecule has 3 rings (SSSR count). The maximum Gasteiger partial charge on any atom is 0.334 e. The van der Waals surface area contributed by atoms with Crippen molar-refractivity contribution in [2.75, 3.05) is 0 Å². The van der Waals surface area contributed by atoms with Crippen molar-refractivity contribution >= 4 is 23.1 Å². The van der Waals surface area contributed by atoms with Crippen molar-refractivity contribution in [3.05, 3.63) is 63.9 Å². The predicted molar refractivity (Wildman–Crippen MR) is 81.8 cm³/mol. The number of pyridine rings is 1. The highest BCUT2D eigenvalue weighted by Gasteiger charge is 2.11. The number of para-hydroxylation sites is 1. The van der Waals surface area contributed by atoms with Crippen molar-refractivity contribution in [3.8, 4) is 5.69 Å². The molecule has 3 aromatic rings. The zero-order valence-electron chi connectivity index (χ0n) is 11.0. The van der Waals surface area contributed by atoms with Crippen LogP contribution in [0.5, 0.6) is 0 Å². The zero-order valence-corrected chi connectivity index (χ0v) is 11.8. The Kier molecular flexibility index (Phi) is 3.20. The fraction of sp³-hybridized carbons (Fsp3) is 0.133. The molecule has 20 heavy (non-hydrogen) atoms. The lowest BCUT2D eigenvalue weighted by atomic mass is 10.2. The Morgan fingerprint density at radius 1 is 1.20 bits per heavy atom. The van der Waals surface area contributed by atoms with Gasteiger partial charge in [-0.1, -0.05) is 30.4 Å². The molecule has 0 fully saturated rings. The van der Waals surface area contributed by atoms with E-state index in [2.05, 4.69) is 4.98 Å². The minimum Gasteiger partial charge on any atom is -0.284 e. The molecule has 0 saturated carbocycles. The van der Waals surface area contributed by atoms with Gasteiger partial charge >= 0.3 is 5.69 Å². The van der Waals surface area contributed by atoms with Crippen LogP contribution in [0.25, 0.3) is 16.6 Å². The molecule has 0 atom stereocenters. The average molecular weight is 283 g/mol. The second-order valence-electron chi connectivity index (χ2n) is 4.40. The highest BCUT2D eigenvalue weighted by molar-refractivity contribution is 7.71. The number of fused-ring (bicyclic) bond motifs is 1. The summed E-state index contributed by atoms with van der Waals surface area (Å²) in [5.41, 5.74) is 1.49. The van der Waals surface area contributed by atoms with Gasteiger partial charge in [0.1, 0.15) is 4.64 Å². The summed E-state index contributed by atoms with van der Waals surface area (Å²) in [7, 11) is 0. The Labute approximate surface area is 120 Å². The number of benzene rings is 1. The summed E-state index contributed by atoms with van der Waals surface area (Å²) < 4.78 is 3.80. The summed E-state index contributed by atoms with van der Waals surface area (Å²) in [6, 6.07) is 11.4. The van der Waals surface area contributed by atoms with Gasteiger partial charge in [-0.25, -0.2) is 4.79 Å². The lowest BCUT2D eigenvalue weighted by Gasteiger charge is -2.13. The third kappa shape index (κ3) is 1.87. The Bertz CT molecular complexity index is 881. The second-order valence-corrected chi connectivity index (χ2v) is 4.78. The fourth-order valence-electron chi connectivity index (χ4n) is 2.31. The first-order valence-electron chi connectivity index (χ1n) is 6.39. The number of nitrogens with zero attached hydrogens (tertiary/aromatic N) is 3. The molecule has 0 bridgehead atoms. The summed E-state index contributed by atoms with van der Waals surface area (Å²) in [6.07, 6.45) is 3.38. The molecule has 0 aliphatic heterocycles. The molecule has 0 spiro atoms. The summed E-state index contributed by atoms with van der Waals surface area (Å²) in [5.74, 6) is 0. The van der Waals surface area contributed by atoms with Gasteiger partial charge in [0.2, 0.25) is 0 Å². The van der Waals surface area contributed by atoms with Crippen LogP contribution in [0.1, 0.15) is 6.92 Å². The summed E-state index contributed by atoms with van der Waals surface area (Å²) in [6.45, 7) is 2.45. The molecule has 1 aromatic carbocycles. The van der Waals surface area contributed by atoms with Crippen LogP contribution in [-0.4, -0.2) is 14.1 Å². The Hall–Kier alpha value is -2.27. The van der Waals surface area contributed by atoms with E-state index >= 15 is 0 Å². The highest BCUT2D eigenvalue weighted by Crippen LogP contribution is 2.16. The van der Waals surface area contributed by atoms with Gasteiger partial charge in [0, 0.05) is 18.9 Å². The largest absolute Gasteiger partial charge is 0.334 e. The Morgan fingerprint density at radius 2 is 1.95 bits per heavy atom. The molecule has 0 unspecified atom stereocenters. The summed E-state index contributed by atoms with van der Waals surface area (Å²) in [5, 5.41) is 0.813. The minimum atomic E-state index is -0.123. The third-order valence-electron chi connectivity index (χ3n) is 3.27. The van der Waals surface area contributed by atoms with Crippen molar-refractivity contribution < 1.29 is 0 Å². The monoisotopic (exact) mass is 283 g/mol. The van der Waals surface area contributed by atoms with Crippen molar-refractivity contribution in [2.45, 2.75) is 13.5 Å². The molecule has 2 aromatic heterocycles. The van der Waals surface area contributed by atoms with Crippen LogP contribution in [-0.2, 0) is 6.54 Å². The third-order valence-corrected chi connectivity index (χ3v) is 3.71. The normalized spacial score (nSPS) is 10.8.